The molecule has 21 heavy (non-hydrogen) atoms. The number of aliphatic hydroxyl groups excluding tert-OH is 1. The fraction of sp³-hybridized carbons (Fsp3) is 0.368. The van der Waals surface area contributed by atoms with Gasteiger partial charge in [-0.25, -0.2) is 0 Å². The molecule has 1 heterocycles. The number of para-hydroxylation sites is 1. The molecule has 0 bridgehead atoms. The molecule has 2 aromatic carbocycles. The molecule has 0 spiro atoms. The lowest BCUT2D eigenvalue weighted by Gasteiger charge is -2.20. The SMILES string of the molecule is Cc1cc(C)c(CC(O)C2COc3ccccc32)c(C)c1. The summed E-state index contributed by atoms with van der Waals surface area (Å²) >= 11 is 0. The zero-order valence-electron chi connectivity index (χ0n) is 12.9. The maximum Gasteiger partial charge on any atom is 0.123 e. The van der Waals surface area contributed by atoms with Gasteiger partial charge in [-0.1, -0.05) is 35.9 Å². The third-order valence-corrected chi connectivity index (χ3v) is 4.45. The summed E-state index contributed by atoms with van der Waals surface area (Å²) < 4.78 is 5.69. The Hall–Kier alpha value is -1.80. The van der Waals surface area contributed by atoms with Crippen molar-refractivity contribution in [2.45, 2.75) is 39.2 Å². The standard InChI is InChI=1S/C19H22O2/c1-12-8-13(2)16(14(3)9-12)10-18(20)17-11-21-19-7-5-4-6-15(17)19/h4-9,17-18,20H,10-11H2,1-3H3. The summed E-state index contributed by atoms with van der Waals surface area (Å²) in [4.78, 5) is 0. The van der Waals surface area contributed by atoms with E-state index in [-0.39, 0.29) is 5.92 Å². The van der Waals surface area contributed by atoms with E-state index in [2.05, 4.69) is 39.0 Å². The Morgan fingerprint density at radius 1 is 1.14 bits per heavy atom. The molecule has 2 aromatic rings. The third kappa shape index (κ3) is 2.68. The van der Waals surface area contributed by atoms with E-state index in [1.807, 2.05) is 18.2 Å². The molecule has 0 saturated heterocycles. The number of rotatable bonds is 3. The van der Waals surface area contributed by atoms with Crippen LogP contribution >= 0.6 is 0 Å². The lowest BCUT2D eigenvalue weighted by atomic mass is 9.88. The van der Waals surface area contributed by atoms with Crippen LogP contribution in [0.4, 0.5) is 0 Å². The van der Waals surface area contributed by atoms with Gasteiger partial charge in [0.1, 0.15) is 5.75 Å². The molecular formula is C19H22O2. The summed E-state index contributed by atoms with van der Waals surface area (Å²) in [7, 11) is 0. The zero-order chi connectivity index (χ0) is 15.0. The molecule has 0 amide bonds. The first kappa shape index (κ1) is 14.2. The van der Waals surface area contributed by atoms with E-state index in [0.717, 1.165) is 11.3 Å². The Bertz CT molecular complexity index is 637. The summed E-state index contributed by atoms with van der Waals surface area (Å²) in [6.45, 7) is 6.94. The average molecular weight is 282 g/mol. The number of fused-ring (bicyclic) bond motifs is 1. The number of benzene rings is 2. The van der Waals surface area contributed by atoms with Crippen LogP contribution in [0.15, 0.2) is 36.4 Å². The minimum absolute atomic E-state index is 0.0707. The molecule has 0 aromatic heterocycles. The van der Waals surface area contributed by atoms with Crippen LogP contribution in [0.2, 0.25) is 0 Å². The molecule has 0 saturated carbocycles. The molecule has 110 valence electrons. The van der Waals surface area contributed by atoms with Gasteiger partial charge >= 0.3 is 0 Å². The second-order valence-corrected chi connectivity index (χ2v) is 6.10. The molecular weight excluding hydrogens is 260 g/mol. The highest BCUT2D eigenvalue weighted by atomic mass is 16.5. The first-order valence-corrected chi connectivity index (χ1v) is 7.53. The Morgan fingerprint density at radius 2 is 1.81 bits per heavy atom. The molecule has 2 atom stereocenters. The van der Waals surface area contributed by atoms with Crippen LogP contribution in [0.1, 0.15) is 33.7 Å². The summed E-state index contributed by atoms with van der Waals surface area (Å²) in [6.07, 6.45) is 0.272. The van der Waals surface area contributed by atoms with Crippen LogP contribution < -0.4 is 4.74 Å². The van der Waals surface area contributed by atoms with Crippen LogP contribution in [0, 0.1) is 20.8 Å². The quantitative estimate of drug-likeness (QED) is 0.930. The second kappa shape index (κ2) is 5.53. The van der Waals surface area contributed by atoms with Crippen molar-refractivity contribution in [3.8, 4) is 5.75 Å². The van der Waals surface area contributed by atoms with Gasteiger partial charge in [0.15, 0.2) is 0 Å². The summed E-state index contributed by atoms with van der Waals surface area (Å²) in [5.74, 6) is 0.986. The van der Waals surface area contributed by atoms with E-state index in [0.29, 0.717) is 13.0 Å². The fourth-order valence-electron chi connectivity index (χ4n) is 3.39. The number of hydrogen-bond acceptors (Lipinski definition) is 2. The normalized spacial score (nSPS) is 18.2. The molecule has 1 N–H and O–H groups in total. The van der Waals surface area contributed by atoms with Crippen molar-refractivity contribution in [3.63, 3.8) is 0 Å². The van der Waals surface area contributed by atoms with E-state index in [4.69, 9.17) is 4.74 Å². The van der Waals surface area contributed by atoms with Gasteiger partial charge in [0, 0.05) is 11.5 Å². The van der Waals surface area contributed by atoms with Crippen molar-refractivity contribution < 1.29 is 9.84 Å². The summed E-state index contributed by atoms with van der Waals surface area (Å²) in [6, 6.07) is 12.4. The molecule has 2 nitrogen and oxygen atoms in total. The predicted molar refractivity (Wildman–Crippen MR) is 85.0 cm³/mol. The highest BCUT2D eigenvalue weighted by molar-refractivity contribution is 5.42. The molecule has 0 fully saturated rings. The van der Waals surface area contributed by atoms with Gasteiger partial charge in [-0.3, -0.25) is 0 Å². The largest absolute Gasteiger partial charge is 0.493 e. The molecule has 2 heteroatoms. The van der Waals surface area contributed by atoms with Gasteiger partial charge in [-0.15, -0.1) is 0 Å². The van der Waals surface area contributed by atoms with Crippen LogP contribution in [-0.2, 0) is 6.42 Å². The van der Waals surface area contributed by atoms with Gasteiger partial charge < -0.3 is 9.84 Å². The van der Waals surface area contributed by atoms with Gasteiger partial charge in [-0.05, 0) is 49.9 Å². The fourth-order valence-corrected chi connectivity index (χ4v) is 3.39. The Morgan fingerprint density at radius 3 is 2.52 bits per heavy atom. The van der Waals surface area contributed by atoms with E-state index in [1.165, 1.54) is 22.3 Å². The molecule has 2 unspecified atom stereocenters. The van der Waals surface area contributed by atoms with Crippen molar-refractivity contribution in [1.82, 2.24) is 0 Å². The highest BCUT2D eigenvalue weighted by Gasteiger charge is 2.30. The molecule has 1 aliphatic rings. The number of aryl methyl sites for hydroxylation is 3. The average Bonchev–Trinajstić information content (AvgIpc) is 2.86. The second-order valence-electron chi connectivity index (χ2n) is 6.10. The van der Waals surface area contributed by atoms with E-state index in [9.17, 15) is 5.11 Å². The smallest absolute Gasteiger partial charge is 0.123 e. The van der Waals surface area contributed by atoms with Crippen LogP contribution in [0.3, 0.4) is 0 Å². The summed E-state index contributed by atoms with van der Waals surface area (Å²) in [5, 5.41) is 10.7. The minimum atomic E-state index is -0.409. The number of aliphatic hydroxyl groups is 1. The molecule has 3 rings (SSSR count). The topological polar surface area (TPSA) is 29.5 Å². The van der Waals surface area contributed by atoms with Crippen molar-refractivity contribution >= 4 is 0 Å². The minimum Gasteiger partial charge on any atom is -0.493 e. The zero-order valence-corrected chi connectivity index (χ0v) is 12.9. The van der Waals surface area contributed by atoms with E-state index >= 15 is 0 Å². The van der Waals surface area contributed by atoms with Crippen molar-refractivity contribution in [2.24, 2.45) is 0 Å². The lowest BCUT2D eigenvalue weighted by Crippen LogP contribution is -2.23. The van der Waals surface area contributed by atoms with E-state index in [1.54, 1.807) is 0 Å². The van der Waals surface area contributed by atoms with Gasteiger partial charge in [0.05, 0.1) is 12.7 Å². The molecule has 0 aliphatic carbocycles. The monoisotopic (exact) mass is 282 g/mol. The third-order valence-electron chi connectivity index (χ3n) is 4.45. The van der Waals surface area contributed by atoms with Crippen molar-refractivity contribution in [2.75, 3.05) is 6.61 Å². The van der Waals surface area contributed by atoms with E-state index < -0.39 is 6.10 Å². The molecule has 0 radical (unpaired) electrons. The Balaban J connectivity index is 1.84. The number of hydrogen-bond donors (Lipinski definition) is 1. The number of ether oxygens (including phenoxy) is 1. The Labute approximate surface area is 126 Å². The first-order chi connectivity index (χ1) is 10.1. The van der Waals surface area contributed by atoms with Gasteiger partial charge in [-0.2, -0.15) is 0 Å². The van der Waals surface area contributed by atoms with Crippen molar-refractivity contribution in [3.05, 3.63) is 64.2 Å². The highest BCUT2D eigenvalue weighted by Crippen LogP contribution is 2.36. The van der Waals surface area contributed by atoms with Gasteiger partial charge in [0.2, 0.25) is 0 Å². The predicted octanol–water partition coefficient (Wildman–Crippen LogP) is 3.69. The maximum atomic E-state index is 10.7. The maximum absolute atomic E-state index is 10.7. The van der Waals surface area contributed by atoms with Crippen LogP contribution in [0.25, 0.3) is 0 Å². The first-order valence-electron chi connectivity index (χ1n) is 7.53. The Kier molecular flexibility index (Phi) is 3.73. The molecule has 1 aliphatic heterocycles. The lowest BCUT2D eigenvalue weighted by molar-refractivity contribution is 0.128. The van der Waals surface area contributed by atoms with Crippen molar-refractivity contribution in [1.29, 1.82) is 0 Å². The van der Waals surface area contributed by atoms with Gasteiger partial charge in [0.25, 0.3) is 0 Å². The summed E-state index contributed by atoms with van der Waals surface area (Å²) in [5.41, 5.74) is 6.19. The van der Waals surface area contributed by atoms with Crippen LogP contribution in [0.5, 0.6) is 5.75 Å². The van der Waals surface area contributed by atoms with Crippen LogP contribution in [-0.4, -0.2) is 17.8 Å².